The summed E-state index contributed by atoms with van der Waals surface area (Å²) < 4.78 is 4.86. The Bertz CT molecular complexity index is 1920. The van der Waals surface area contributed by atoms with Crippen LogP contribution in [0.2, 0.25) is 0 Å². The van der Waals surface area contributed by atoms with E-state index in [4.69, 9.17) is 10.5 Å². The molecule has 0 bridgehead atoms. The van der Waals surface area contributed by atoms with E-state index in [0.717, 1.165) is 9.80 Å². The molecular weight excluding hydrogens is 953 g/mol. The Morgan fingerprint density at radius 3 is 1.55 bits per heavy atom. The first kappa shape index (κ1) is 69.0. The van der Waals surface area contributed by atoms with Crippen molar-refractivity contribution in [3.63, 3.8) is 0 Å². The van der Waals surface area contributed by atoms with Crippen LogP contribution >= 0.6 is 0 Å². The van der Waals surface area contributed by atoms with Crippen LogP contribution in [0.4, 0.5) is 0 Å². The predicted octanol–water partition coefficient (Wildman–Crippen LogP) is 3.14. The molecule has 11 atom stereocenters. The molecule has 0 aliphatic heterocycles. The highest BCUT2D eigenvalue weighted by Crippen LogP contribution is 2.26. The fraction of sp³-hybridized carbons (Fsp3) is 0.796. The van der Waals surface area contributed by atoms with Crippen molar-refractivity contribution >= 4 is 53.1 Å². The number of ether oxygens (including phenoxy) is 1. The number of nitrogens with one attached hydrogen (secondary N) is 2. The minimum absolute atomic E-state index is 0.0384. The first-order chi connectivity index (χ1) is 33.9. The molecule has 7 amide bonds. The van der Waals surface area contributed by atoms with Gasteiger partial charge in [0.2, 0.25) is 41.4 Å². The Morgan fingerprint density at radius 1 is 0.635 bits per heavy atom. The molecule has 0 radical (unpaired) electrons. The van der Waals surface area contributed by atoms with Gasteiger partial charge in [-0.05, 0) is 83.0 Å². The second-order valence-electron chi connectivity index (χ2n) is 22.5. The maximum Gasteiger partial charge on any atom is 0.328 e. The third kappa shape index (κ3) is 20.3. The van der Waals surface area contributed by atoms with Crippen molar-refractivity contribution in [2.45, 2.75) is 202 Å². The van der Waals surface area contributed by atoms with Gasteiger partial charge in [-0.2, -0.15) is 0 Å². The summed E-state index contributed by atoms with van der Waals surface area (Å²) in [7, 11) is 8.24. The van der Waals surface area contributed by atoms with Gasteiger partial charge in [0.15, 0.2) is 5.78 Å². The van der Waals surface area contributed by atoms with E-state index in [1.807, 2.05) is 54.5 Å². The minimum Gasteiger partial charge on any atom is -0.467 e. The summed E-state index contributed by atoms with van der Waals surface area (Å²) in [5.41, 5.74) is 4.62. The number of nitrogens with two attached hydrogens (primary N) is 1. The van der Waals surface area contributed by atoms with Gasteiger partial charge in [0.1, 0.15) is 36.3 Å². The fourth-order valence-corrected chi connectivity index (χ4v) is 8.86. The molecule has 426 valence electrons. The summed E-state index contributed by atoms with van der Waals surface area (Å²) >= 11 is 0. The SMILES string of the molecule is C/C=C/C[C@@H](C)[C@@H](O)[C@@H](C(=O)N[C@@H](CC)C(=O)OC)N(C)C(=O)[C@H](C(C)C)N(C)C(=O)[C@H](CC(C)C)N(C)C(=O)[C@H](CC(C)(C)O)N(C)C(=O)[C@@H](C)NC(=O)[C@H](C)CC(=O)[C@H](CC(C)C)N(C)C(=O)[C@@H](N)C(C)C. The summed E-state index contributed by atoms with van der Waals surface area (Å²) in [6.45, 7) is 25.7. The minimum atomic E-state index is -1.52. The van der Waals surface area contributed by atoms with Gasteiger partial charge in [0.05, 0.1) is 30.9 Å². The number of Topliss-reactive ketones (excluding diaryl/α,β-unsaturated/α-hetero) is 1. The number of ketones is 1. The third-order valence-electron chi connectivity index (χ3n) is 13.7. The Morgan fingerprint density at radius 2 is 1.11 bits per heavy atom. The number of rotatable bonds is 31. The topological polar surface area (TPSA) is 270 Å². The van der Waals surface area contributed by atoms with Gasteiger partial charge in [-0.3, -0.25) is 38.4 Å². The zero-order valence-electron chi connectivity index (χ0n) is 48.8. The predicted molar refractivity (Wildman–Crippen MR) is 285 cm³/mol. The van der Waals surface area contributed by atoms with Gasteiger partial charge in [-0.15, -0.1) is 0 Å². The highest BCUT2D eigenvalue weighted by molar-refractivity contribution is 5.98. The van der Waals surface area contributed by atoms with Gasteiger partial charge >= 0.3 is 5.97 Å². The van der Waals surface area contributed by atoms with E-state index in [-0.39, 0.29) is 55.1 Å². The van der Waals surface area contributed by atoms with Crippen LogP contribution in [0, 0.1) is 35.5 Å². The molecule has 0 unspecified atom stereocenters. The smallest absolute Gasteiger partial charge is 0.328 e. The Hall–Kier alpha value is -4.95. The monoisotopic (exact) mass is 1050 g/mol. The van der Waals surface area contributed by atoms with E-state index < -0.39 is 119 Å². The summed E-state index contributed by atoms with van der Waals surface area (Å²) in [5, 5.41) is 28.1. The molecule has 0 heterocycles. The van der Waals surface area contributed by atoms with Crippen molar-refractivity contribution in [1.82, 2.24) is 35.1 Å². The third-order valence-corrected chi connectivity index (χ3v) is 13.7. The van der Waals surface area contributed by atoms with Crippen molar-refractivity contribution in [3.05, 3.63) is 12.2 Å². The quantitative estimate of drug-likeness (QED) is 0.0494. The number of carbonyl (C=O) groups is 9. The number of esters is 1. The molecule has 0 fully saturated rings. The number of methoxy groups -OCH3 is 1. The summed E-state index contributed by atoms with van der Waals surface area (Å²) in [5.74, 6) is -7.91. The molecule has 0 aromatic heterocycles. The second-order valence-corrected chi connectivity index (χ2v) is 22.5. The Labute approximate surface area is 443 Å². The average molecular weight is 1050 g/mol. The van der Waals surface area contributed by atoms with Crippen LogP contribution in [0.5, 0.6) is 0 Å². The standard InChI is InChI=1S/C54H98N8O12/c1-22-24-25-34(11)45(64)44(47(66)57-37(23-2)53(72)74-21)62(20)52(71)43(33(9)10)61(19)49(68)39(27-31(5)6)59(17)50(69)40(29-54(14,15)73)60(18)48(67)36(13)56-46(65)35(12)28-41(63)38(26-30(3)4)58(16)51(70)42(55)32(7)8/h22,24,30-40,42-45,64,73H,23,25-29,55H2,1-21H3,(H,56,65)(H,57,66)/b24-22+/t34-,35-,36-,37+,38+,39+,40+,42+,43+,44+,45-/m1/s1. The lowest BCUT2D eigenvalue weighted by atomic mass is 9.91. The lowest BCUT2D eigenvalue weighted by molar-refractivity contribution is -0.158. The number of likely N-dealkylation sites (N-methyl/N-ethyl adjacent to an activating group) is 5. The van der Waals surface area contributed by atoms with Crippen molar-refractivity contribution in [3.8, 4) is 0 Å². The number of aliphatic hydroxyl groups is 2. The number of hydrogen-bond acceptors (Lipinski definition) is 13. The van der Waals surface area contributed by atoms with Gasteiger partial charge in [-0.25, -0.2) is 4.79 Å². The molecule has 0 saturated carbocycles. The maximum atomic E-state index is 14.9. The number of hydrogen-bond donors (Lipinski definition) is 5. The number of allylic oxidation sites excluding steroid dienone is 2. The molecule has 0 aliphatic carbocycles. The van der Waals surface area contributed by atoms with Crippen LogP contribution < -0.4 is 16.4 Å². The average Bonchev–Trinajstić information content (AvgIpc) is 3.31. The van der Waals surface area contributed by atoms with Crippen LogP contribution in [0.25, 0.3) is 0 Å². The van der Waals surface area contributed by atoms with E-state index in [9.17, 15) is 53.4 Å². The molecule has 0 aliphatic rings. The molecule has 0 saturated heterocycles. The van der Waals surface area contributed by atoms with E-state index in [1.165, 1.54) is 84.7 Å². The van der Waals surface area contributed by atoms with E-state index in [1.54, 1.807) is 33.8 Å². The molecule has 0 rings (SSSR count). The molecule has 20 heteroatoms. The lowest BCUT2D eigenvalue weighted by Gasteiger charge is -2.42. The molecule has 74 heavy (non-hydrogen) atoms. The zero-order valence-corrected chi connectivity index (χ0v) is 48.8. The largest absolute Gasteiger partial charge is 0.467 e. The summed E-state index contributed by atoms with van der Waals surface area (Å²) in [6.07, 6.45) is 2.67. The molecule has 0 aromatic rings. The Balaban J connectivity index is 6.97. The van der Waals surface area contributed by atoms with Crippen LogP contribution in [-0.2, 0) is 47.9 Å². The summed E-state index contributed by atoms with van der Waals surface area (Å²) in [6, 6.07) is -9.23. The normalized spacial score (nSPS) is 16.5. The highest BCUT2D eigenvalue weighted by Gasteiger charge is 2.45. The molecule has 0 spiro atoms. The number of amides is 7. The van der Waals surface area contributed by atoms with Gasteiger partial charge in [-0.1, -0.05) is 88.3 Å². The summed E-state index contributed by atoms with van der Waals surface area (Å²) in [4.78, 5) is 132. The molecule has 6 N–H and O–H groups in total. The van der Waals surface area contributed by atoms with Crippen molar-refractivity contribution in [1.29, 1.82) is 0 Å². The van der Waals surface area contributed by atoms with E-state index in [2.05, 4.69) is 10.6 Å². The van der Waals surface area contributed by atoms with Crippen LogP contribution in [0.1, 0.15) is 142 Å². The number of aliphatic hydroxyl groups excluding tert-OH is 1. The molecule has 20 nitrogen and oxygen atoms in total. The Kier molecular flexibility index (Phi) is 29.1. The number of carbonyl (C=O) groups excluding carboxylic acids is 9. The molecular formula is C54H98N8O12. The van der Waals surface area contributed by atoms with Crippen LogP contribution in [-0.4, -0.2) is 190 Å². The van der Waals surface area contributed by atoms with Gasteiger partial charge in [0, 0.05) is 54.0 Å². The van der Waals surface area contributed by atoms with Crippen molar-refractivity contribution in [2.24, 2.45) is 41.2 Å². The van der Waals surface area contributed by atoms with Gasteiger partial charge in [0.25, 0.3) is 0 Å². The lowest BCUT2D eigenvalue weighted by Crippen LogP contribution is -2.63. The zero-order chi connectivity index (χ0) is 58.0. The van der Waals surface area contributed by atoms with Crippen LogP contribution in [0.15, 0.2) is 12.2 Å². The first-order valence-electron chi connectivity index (χ1n) is 26.3. The van der Waals surface area contributed by atoms with E-state index in [0.29, 0.717) is 12.8 Å². The second kappa shape index (κ2) is 31.2. The fourth-order valence-electron chi connectivity index (χ4n) is 8.86. The van der Waals surface area contributed by atoms with Crippen LogP contribution in [0.3, 0.4) is 0 Å². The van der Waals surface area contributed by atoms with E-state index >= 15 is 0 Å². The van der Waals surface area contributed by atoms with Gasteiger partial charge < -0.3 is 55.8 Å². The maximum absolute atomic E-state index is 14.9. The van der Waals surface area contributed by atoms with Crippen molar-refractivity contribution in [2.75, 3.05) is 42.3 Å². The molecule has 0 aromatic carbocycles. The first-order valence-corrected chi connectivity index (χ1v) is 26.3. The highest BCUT2D eigenvalue weighted by atomic mass is 16.5. The number of nitrogens with zero attached hydrogens (tertiary/aromatic N) is 5. The van der Waals surface area contributed by atoms with Crippen molar-refractivity contribution < 1.29 is 58.1 Å².